The lowest BCUT2D eigenvalue weighted by Crippen LogP contribution is -2.22. The monoisotopic (exact) mass is 268 g/mol. The van der Waals surface area contributed by atoms with E-state index in [0.717, 1.165) is 22.4 Å². The normalized spacial score (nSPS) is 15.9. The third-order valence-electron chi connectivity index (χ3n) is 3.91. The molecule has 4 heteroatoms. The van der Waals surface area contributed by atoms with Gasteiger partial charge in [-0.1, -0.05) is 17.7 Å². The van der Waals surface area contributed by atoms with E-state index in [1.54, 1.807) is 6.20 Å². The standard InChI is InChI=1S/C16H16N2O2/c1-10-3-4-11(2)12(9-10)13-5-8-17-14(18-13)16(6-7-16)15(19)20/h3-5,8-9H,6-7H2,1-2H3,(H,19,20). The number of carboxylic acids is 1. The lowest BCUT2D eigenvalue weighted by atomic mass is 10.0. The van der Waals surface area contributed by atoms with Crippen molar-refractivity contribution in [1.82, 2.24) is 9.97 Å². The number of hydrogen-bond donors (Lipinski definition) is 1. The molecule has 0 unspecified atom stereocenters. The van der Waals surface area contributed by atoms with Crippen molar-refractivity contribution in [3.63, 3.8) is 0 Å². The van der Waals surface area contributed by atoms with Crippen LogP contribution in [0.25, 0.3) is 11.3 Å². The highest BCUT2D eigenvalue weighted by atomic mass is 16.4. The summed E-state index contributed by atoms with van der Waals surface area (Å²) >= 11 is 0. The van der Waals surface area contributed by atoms with Crippen molar-refractivity contribution < 1.29 is 9.90 Å². The Balaban J connectivity index is 2.08. The van der Waals surface area contributed by atoms with Crippen LogP contribution in [0.15, 0.2) is 30.5 Å². The zero-order chi connectivity index (χ0) is 14.3. The summed E-state index contributed by atoms with van der Waals surface area (Å²) in [4.78, 5) is 20.1. The molecule has 1 N–H and O–H groups in total. The Labute approximate surface area is 117 Å². The van der Waals surface area contributed by atoms with Crippen LogP contribution in [0.5, 0.6) is 0 Å². The van der Waals surface area contributed by atoms with Crippen molar-refractivity contribution in [2.45, 2.75) is 32.1 Å². The van der Waals surface area contributed by atoms with Crippen LogP contribution in [0, 0.1) is 13.8 Å². The molecule has 0 bridgehead atoms. The number of rotatable bonds is 3. The number of aryl methyl sites for hydroxylation is 2. The molecule has 3 rings (SSSR count). The lowest BCUT2D eigenvalue weighted by molar-refractivity contribution is -0.140. The maximum atomic E-state index is 11.4. The largest absolute Gasteiger partial charge is 0.480 e. The SMILES string of the molecule is Cc1ccc(C)c(-c2ccnc(C3(C(=O)O)CC3)n2)c1. The van der Waals surface area contributed by atoms with E-state index in [1.165, 1.54) is 0 Å². The number of carbonyl (C=O) groups is 1. The first-order valence-electron chi connectivity index (χ1n) is 6.67. The molecule has 0 atom stereocenters. The average molecular weight is 268 g/mol. The van der Waals surface area contributed by atoms with Gasteiger partial charge in [-0.25, -0.2) is 9.97 Å². The molecule has 0 spiro atoms. The van der Waals surface area contributed by atoms with Gasteiger partial charge in [-0.05, 0) is 44.4 Å². The predicted molar refractivity (Wildman–Crippen MR) is 75.5 cm³/mol. The summed E-state index contributed by atoms with van der Waals surface area (Å²) in [6, 6.07) is 8.02. The summed E-state index contributed by atoms with van der Waals surface area (Å²) in [5, 5.41) is 9.34. The highest BCUT2D eigenvalue weighted by Gasteiger charge is 2.54. The zero-order valence-corrected chi connectivity index (χ0v) is 11.6. The van der Waals surface area contributed by atoms with Crippen molar-refractivity contribution in [3.8, 4) is 11.3 Å². The Morgan fingerprint density at radius 1 is 1.25 bits per heavy atom. The molecule has 1 aromatic carbocycles. The van der Waals surface area contributed by atoms with Gasteiger partial charge in [0.05, 0.1) is 5.69 Å². The van der Waals surface area contributed by atoms with Crippen LogP contribution in [-0.4, -0.2) is 21.0 Å². The molecule has 4 nitrogen and oxygen atoms in total. The lowest BCUT2D eigenvalue weighted by Gasteiger charge is -2.11. The predicted octanol–water partition coefficient (Wildman–Crippen LogP) is 2.88. The number of benzene rings is 1. The number of nitrogens with zero attached hydrogens (tertiary/aromatic N) is 2. The Morgan fingerprint density at radius 2 is 2.00 bits per heavy atom. The molecule has 20 heavy (non-hydrogen) atoms. The molecule has 0 amide bonds. The molecular weight excluding hydrogens is 252 g/mol. The van der Waals surface area contributed by atoms with Crippen LogP contribution < -0.4 is 0 Å². The van der Waals surface area contributed by atoms with E-state index < -0.39 is 11.4 Å². The van der Waals surface area contributed by atoms with Gasteiger partial charge in [0.1, 0.15) is 11.2 Å². The third-order valence-corrected chi connectivity index (χ3v) is 3.91. The molecule has 1 aliphatic carbocycles. The maximum Gasteiger partial charge on any atom is 0.317 e. The molecule has 2 aromatic rings. The van der Waals surface area contributed by atoms with Gasteiger partial charge in [-0.3, -0.25) is 4.79 Å². The molecule has 1 aromatic heterocycles. The Bertz CT molecular complexity index is 691. The quantitative estimate of drug-likeness (QED) is 0.929. The number of carboxylic acid groups (broad SMARTS) is 1. The molecule has 0 aliphatic heterocycles. The van der Waals surface area contributed by atoms with E-state index in [0.29, 0.717) is 18.7 Å². The summed E-state index contributed by atoms with van der Waals surface area (Å²) in [5.41, 5.74) is 3.26. The average Bonchev–Trinajstić information content (AvgIpc) is 3.23. The second-order valence-electron chi connectivity index (χ2n) is 5.47. The Hall–Kier alpha value is -2.23. The van der Waals surface area contributed by atoms with E-state index in [-0.39, 0.29) is 0 Å². The summed E-state index contributed by atoms with van der Waals surface area (Å²) < 4.78 is 0. The summed E-state index contributed by atoms with van der Waals surface area (Å²) in [5.74, 6) is -0.390. The smallest absolute Gasteiger partial charge is 0.317 e. The third kappa shape index (κ3) is 1.97. The first kappa shape index (κ1) is 12.8. The number of aromatic nitrogens is 2. The van der Waals surface area contributed by atoms with E-state index in [2.05, 4.69) is 28.2 Å². The van der Waals surface area contributed by atoms with Crippen LogP contribution in [0.4, 0.5) is 0 Å². The van der Waals surface area contributed by atoms with Gasteiger partial charge in [0.2, 0.25) is 0 Å². The minimum atomic E-state index is -0.853. The van der Waals surface area contributed by atoms with Gasteiger partial charge in [0, 0.05) is 11.8 Å². The minimum absolute atomic E-state index is 0.434. The van der Waals surface area contributed by atoms with Crippen molar-refractivity contribution in [2.75, 3.05) is 0 Å². The van der Waals surface area contributed by atoms with Gasteiger partial charge in [-0.2, -0.15) is 0 Å². The van der Waals surface area contributed by atoms with E-state index >= 15 is 0 Å². The topological polar surface area (TPSA) is 63.1 Å². The first-order chi connectivity index (χ1) is 9.53. The minimum Gasteiger partial charge on any atom is -0.480 e. The summed E-state index contributed by atoms with van der Waals surface area (Å²) in [7, 11) is 0. The Morgan fingerprint density at radius 3 is 2.65 bits per heavy atom. The van der Waals surface area contributed by atoms with Gasteiger partial charge < -0.3 is 5.11 Å². The highest BCUT2D eigenvalue weighted by Crippen LogP contribution is 2.47. The van der Waals surface area contributed by atoms with Crippen LogP contribution in [0.3, 0.4) is 0 Å². The van der Waals surface area contributed by atoms with Gasteiger partial charge in [0.25, 0.3) is 0 Å². The van der Waals surface area contributed by atoms with E-state index in [4.69, 9.17) is 0 Å². The van der Waals surface area contributed by atoms with Crippen molar-refractivity contribution in [3.05, 3.63) is 47.4 Å². The molecule has 1 saturated carbocycles. The number of aliphatic carboxylic acids is 1. The van der Waals surface area contributed by atoms with Crippen molar-refractivity contribution >= 4 is 5.97 Å². The van der Waals surface area contributed by atoms with E-state index in [9.17, 15) is 9.90 Å². The van der Waals surface area contributed by atoms with Crippen LogP contribution in [0.2, 0.25) is 0 Å². The molecule has 0 saturated heterocycles. The van der Waals surface area contributed by atoms with Gasteiger partial charge >= 0.3 is 5.97 Å². The first-order valence-corrected chi connectivity index (χ1v) is 6.67. The zero-order valence-electron chi connectivity index (χ0n) is 11.6. The van der Waals surface area contributed by atoms with E-state index in [1.807, 2.05) is 19.9 Å². The number of hydrogen-bond acceptors (Lipinski definition) is 3. The Kier molecular flexibility index (Phi) is 2.82. The fraction of sp³-hybridized carbons (Fsp3) is 0.312. The molecule has 1 heterocycles. The fourth-order valence-corrected chi connectivity index (χ4v) is 2.41. The molecule has 1 aliphatic rings. The van der Waals surface area contributed by atoms with Crippen molar-refractivity contribution in [1.29, 1.82) is 0 Å². The van der Waals surface area contributed by atoms with Crippen molar-refractivity contribution in [2.24, 2.45) is 0 Å². The van der Waals surface area contributed by atoms with Gasteiger partial charge in [0.15, 0.2) is 0 Å². The van der Waals surface area contributed by atoms with Crippen LogP contribution in [0.1, 0.15) is 29.8 Å². The van der Waals surface area contributed by atoms with Crippen LogP contribution >= 0.6 is 0 Å². The fourth-order valence-electron chi connectivity index (χ4n) is 2.41. The molecular formula is C16H16N2O2. The summed E-state index contributed by atoms with van der Waals surface area (Å²) in [6.45, 7) is 4.06. The highest BCUT2D eigenvalue weighted by molar-refractivity contribution is 5.83. The molecule has 0 radical (unpaired) electrons. The molecule has 102 valence electrons. The maximum absolute atomic E-state index is 11.4. The second kappa shape index (κ2) is 4.40. The summed E-state index contributed by atoms with van der Waals surface area (Å²) in [6.07, 6.45) is 2.90. The second-order valence-corrected chi connectivity index (χ2v) is 5.47. The molecule has 1 fully saturated rings. The van der Waals surface area contributed by atoms with Crippen LogP contribution in [-0.2, 0) is 10.2 Å². The van der Waals surface area contributed by atoms with Gasteiger partial charge in [-0.15, -0.1) is 0 Å².